The number of rotatable bonds is 5. The summed E-state index contributed by atoms with van der Waals surface area (Å²) in [5.74, 6) is -0.612. The molecule has 1 aliphatic heterocycles. The Morgan fingerprint density at radius 1 is 1.19 bits per heavy atom. The zero-order chi connectivity index (χ0) is 21.8. The van der Waals surface area contributed by atoms with Gasteiger partial charge in [0.25, 0.3) is 5.91 Å². The van der Waals surface area contributed by atoms with E-state index in [1.165, 1.54) is 0 Å². The van der Waals surface area contributed by atoms with Gasteiger partial charge in [0.1, 0.15) is 12.6 Å². The van der Waals surface area contributed by atoms with Crippen LogP contribution >= 0.6 is 0 Å². The number of aromatic nitrogens is 1. The maximum Gasteiger partial charge on any atom is 0.406 e. The number of carbonyl (C=O) groups excluding carboxylic acids is 1. The van der Waals surface area contributed by atoms with Gasteiger partial charge in [-0.05, 0) is 36.5 Å². The molecule has 2 aliphatic rings. The van der Waals surface area contributed by atoms with Gasteiger partial charge in [-0.1, -0.05) is 36.4 Å². The Balaban J connectivity index is 1.54. The number of morpholine rings is 1. The number of fused-ring (bicyclic) bond motifs is 1. The van der Waals surface area contributed by atoms with E-state index in [4.69, 9.17) is 4.74 Å². The van der Waals surface area contributed by atoms with Gasteiger partial charge in [0, 0.05) is 25.8 Å². The van der Waals surface area contributed by atoms with Gasteiger partial charge in [0.2, 0.25) is 0 Å². The maximum atomic E-state index is 13.5. The number of carbonyl (C=O) groups is 1. The third-order valence-electron chi connectivity index (χ3n) is 5.85. The van der Waals surface area contributed by atoms with Crippen molar-refractivity contribution in [2.45, 2.75) is 44.1 Å². The molecular weight excluding hydrogens is 407 g/mol. The number of pyridine rings is 1. The van der Waals surface area contributed by atoms with Crippen LogP contribution in [0.15, 0.2) is 48.7 Å². The van der Waals surface area contributed by atoms with E-state index >= 15 is 0 Å². The Bertz CT molecular complexity index is 891. The van der Waals surface area contributed by atoms with Crippen molar-refractivity contribution in [3.05, 3.63) is 65.5 Å². The predicted molar refractivity (Wildman–Crippen MR) is 109 cm³/mol. The summed E-state index contributed by atoms with van der Waals surface area (Å²) < 4.78 is 46.0. The smallest absolute Gasteiger partial charge is 0.366 e. The average molecular weight is 433 g/mol. The van der Waals surface area contributed by atoms with Crippen LogP contribution in [-0.2, 0) is 22.5 Å². The van der Waals surface area contributed by atoms with Crippen molar-refractivity contribution < 1.29 is 22.7 Å². The van der Waals surface area contributed by atoms with Gasteiger partial charge in [-0.2, -0.15) is 13.2 Å². The molecule has 0 radical (unpaired) electrons. The van der Waals surface area contributed by atoms with Gasteiger partial charge in [-0.15, -0.1) is 0 Å². The molecule has 5 nitrogen and oxygen atoms in total. The van der Waals surface area contributed by atoms with E-state index in [9.17, 15) is 18.0 Å². The summed E-state index contributed by atoms with van der Waals surface area (Å²) in [6.45, 7) is 0.532. The molecule has 1 amide bonds. The number of hydrogen-bond donors (Lipinski definition) is 0. The van der Waals surface area contributed by atoms with Gasteiger partial charge < -0.3 is 9.64 Å². The van der Waals surface area contributed by atoms with Crippen molar-refractivity contribution in [1.29, 1.82) is 0 Å². The molecule has 1 aromatic carbocycles. The fraction of sp³-hybridized carbons (Fsp3) is 0.478. The third-order valence-corrected chi connectivity index (χ3v) is 5.85. The van der Waals surface area contributed by atoms with E-state index in [2.05, 4.69) is 9.88 Å². The number of aryl methyl sites for hydroxylation is 1. The second-order valence-corrected chi connectivity index (χ2v) is 8.12. The minimum atomic E-state index is -4.50. The van der Waals surface area contributed by atoms with Crippen LogP contribution in [0.1, 0.15) is 35.7 Å². The first-order valence-corrected chi connectivity index (χ1v) is 10.6. The molecule has 0 spiro atoms. The lowest BCUT2D eigenvalue weighted by atomic mass is 9.90. The Labute approximate surface area is 179 Å². The molecule has 2 aromatic rings. The normalized spacial score (nSPS) is 22.0. The zero-order valence-electron chi connectivity index (χ0n) is 17.2. The van der Waals surface area contributed by atoms with Crippen LogP contribution in [0.25, 0.3) is 0 Å². The highest BCUT2D eigenvalue weighted by Gasteiger charge is 2.42. The Hall–Kier alpha value is -2.45. The largest absolute Gasteiger partial charge is 0.406 e. The van der Waals surface area contributed by atoms with Crippen molar-refractivity contribution in [1.82, 2.24) is 14.8 Å². The highest BCUT2D eigenvalue weighted by Crippen LogP contribution is 2.35. The van der Waals surface area contributed by atoms with Crippen molar-refractivity contribution in [3.8, 4) is 0 Å². The predicted octanol–water partition coefficient (Wildman–Crippen LogP) is 3.75. The summed E-state index contributed by atoms with van der Waals surface area (Å²) in [6.07, 6.45) is -1.90. The lowest BCUT2D eigenvalue weighted by Crippen LogP contribution is -2.53. The van der Waals surface area contributed by atoms with E-state index in [1.807, 2.05) is 36.4 Å². The first-order chi connectivity index (χ1) is 14.9. The number of halogens is 3. The van der Waals surface area contributed by atoms with Crippen LogP contribution < -0.4 is 0 Å². The SMILES string of the molecule is O=C([C@@H]1CN(Cc2ccccc2)CCO1)N(CC(F)(F)F)[C@@H]1CCCc2cccnc21. The van der Waals surface area contributed by atoms with Gasteiger partial charge in [-0.25, -0.2) is 0 Å². The van der Waals surface area contributed by atoms with Crippen molar-refractivity contribution >= 4 is 5.91 Å². The second kappa shape index (κ2) is 9.36. The molecule has 0 N–H and O–H groups in total. The highest BCUT2D eigenvalue weighted by molar-refractivity contribution is 5.82. The lowest BCUT2D eigenvalue weighted by molar-refractivity contribution is -0.177. The summed E-state index contributed by atoms with van der Waals surface area (Å²) in [5, 5.41) is 0. The topological polar surface area (TPSA) is 45.7 Å². The fourth-order valence-electron chi connectivity index (χ4n) is 4.45. The average Bonchev–Trinajstić information content (AvgIpc) is 2.77. The van der Waals surface area contributed by atoms with E-state index in [0.29, 0.717) is 31.8 Å². The molecule has 0 bridgehead atoms. The number of nitrogens with zero attached hydrogens (tertiary/aromatic N) is 3. The van der Waals surface area contributed by atoms with Crippen molar-refractivity contribution in [2.75, 3.05) is 26.2 Å². The number of hydrogen-bond acceptors (Lipinski definition) is 4. The summed E-state index contributed by atoms with van der Waals surface area (Å²) in [6, 6.07) is 12.8. The summed E-state index contributed by atoms with van der Waals surface area (Å²) in [5.41, 5.74) is 2.57. The molecule has 1 aromatic heterocycles. The van der Waals surface area contributed by atoms with Gasteiger partial charge in [-0.3, -0.25) is 14.7 Å². The molecule has 31 heavy (non-hydrogen) atoms. The minimum Gasteiger partial charge on any atom is -0.366 e. The minimum absolute atomic E-state index is 0.268. The fourth-order valence-corrected chi connectivity index (χ4v) is 4.45. The van der Waals surface area contributed by atoms with Crippen LogP contribution in [-0.4, -0.2) is 59.2 Å². The van der Waals surface area contributed by atoms with Crippen molar-refractivity contribution in [2.24, 2.45) is 0 Å². The third kappa shape index (κ3) is 5.43. The number of ether oxygens (including phenoxy) is 1. The molecule has 1 saturated heterocycles. The molecular formula is C23H26F3N3O2. The quantitative estimate of drug-likeness (QED) is 0.721. The van der Waals surface area contributed by atoms with Gasteiger partial charge in [0.05, 0.1) is 18.3 Å². The number of benzene rings is 1. The maximum absolute atomic E-state index is 13.5. The summed E-state index contributed by atoms with van der Waals surface area (Å²) in [4.78, 5) is 20.7. The van der Waals surface area contributed by atoms with Gasteiger partial charge >= 0.3 is 6.18 Å². The molecule has 166 valence electrons. The molecule has 1 fully saturated rings. The van der Waals surface area contributed by atoms with Crippen molar-refractivity contribution in [3.63, 3.8) is 0 Å². The molecule has 0 unspecified atom stereocenters. The summed E-state index contributed by atoms with van der Waals surface area (Å²) >= 11 is 0. The first-order valence-electron chi connectivity index (χ1n) is 10.6. The van der Waals surface area contributed by atoms with E-state index in [1.54, 1.807) is 12.3 Å². The number of amides is 1. The Morgan fingerprint density at radius 2 is 2.00 bits per heavy atom. The molecule has 4 rings (SSSR count). The van der Waals surface area contributed by atoms with Crippen LogP contribution in [0.2, 0.25) is 0 Å². The first kappa shape index (κ1) is 21.8. The lowest BCUT2D eigenvalue weighted by Gasteiger charge is -2.39. The Kier molecular flexibility index (Phi) is 6.57. The van der Waals surface area contributed by atoms with E-state index < -0.39 is 30.8 Å². The molecule has 1 aliphatic carbocycles. The van der Waals surface area contributed by atoms with Crippen LogP contribution in [0.4, 0.5) is 13.2 Å². The second-order valence-electron chi connectivity index (χ2n) is 8.12. The monoisotopic (exact) mass is 433 g/mol. The molecule has 8 heteroatoms. The highest BCUT2D eigenvalue weighted by atomic mass is 19.4. The Morgan fingerprint density at radius 3 is 2.77 bits per heavy atom. The van der Waals surface area contributed by atoms with E-state index in [0.717, 1.165) is 28.9 Å². The molecule has 2 atom stereocenters. The van der Waals surface area contributed by atoms with Gasteiger partial charge in [0.15, 0.2) is 0 Å². The zero-order valence-corrected chi connectivity index (χ0v) is 17.2. The number of alkyl halides is 3. The summed E-state index contributed by atoms with van der Waals surface area (Å²) in [7, 11) is 0. The standard InChI is InChI=1S/C23H26F3N3O2/c24-23(25,26)16-29(19-10-4-8-18-9-5-11-27-21(18)19)22(30)20-15-28(12-13-31-20)14-17-6-2-1-3-7-17/h1-3,5-7,9,11,19-20H,4,8,10,12-16H2/t19-,20+/m1/s1. The molecule has 0 saturated carbocycles. The van der Waals surface area contributed by atoms with Crippen LogP contribution in [0.5, 0.6) is 0 Å². The van der Waals surface area contributed by atoms with E-state index in [-0.39, 0.29) is 6.54 Å². The molecule has 2 heterocycles. The van der Waals surface area contributed by atoms with Crippen LogP contribution in [0.3, 0.4) is 0 Å². The van der Waals surface area contributed by atoms with Crippen LogP contribution in [0, 0.1) is 0 Å².